The molecule has 0 aromatic rings. The summed E-state index contributed by atoms with van der Waals surface area (Å²) < 4.78 is 17.2. The first-order chi connectivity index (χ1) is 26.6. The molecular weight excluding hydrogens is 669 g/mol. The molecule has 1 atom stereocenters. The molecule has 0 spiro atoms. The zero-order valence-corrected chi connectivity index (χ0v) is 35.5. The molecule has 0 radical (unpaired) electrons. The van der Waals surface area contributed by atoms with Gasteiger partial charge in [0, 0.05) is 13.0 Å². The van der Waals surface area contributed by atoms with Gasteiger partial charge in [-0.05, 0) is 70.6 Å². The topological polar surface area (TPSA) is 61.8 Å². The Morgan fingerprint density at radius 3 is 1.43 bits per heavy atom. The minimum absolute atomic E-state index is 0.0272. The van der Waals surface area contributed by atoms with E-state index in [1.165, 1.54) is 96.3 Å². The Kier molecular flexibility index (Phi) is 42.5. The highest BCUT2D eigenvalue weighted by molar-refractivity contribution is 5.71. The average molecular weight is 753 g/mol. The fourth-order valence-corrected chi connectivity index (χ4v) is 5.93. The first kappa shape index (κ1) is 51.3. The van der Waals surface area contributed by atoms with Gasteiger partial charge >= 0.3 is 11.9 Å². The van der Waals surface area contributed by atoms with Crippen molar-refractivity contribution in [3.8, 4) is 0 Å². The maximum atomic E-state index is 12.7. The molecule has 0 aromatic heterocycles. The van der Waals surface area contributed by atoms with E-state index < -0.39 is 6.10 Å². The minimum Gasteiger partial charge on any atom is -0.461 e. The van der Waals surface area contributed by atoms with Crippen LogP contribution in [0.25, 0.3) is 0 Å². The van der Waals surface area contributed by atoms with Crippen LogP contribution in [0, 0.1) is 0 Å². The van der Waals surface area contributed by atoms with Gasteiger partial charge in [-0.15, -0.1) is 0 Å². The lowest BCUT2D eigenvalue weighted by Gasteiger charge is -2.18. The Hall–Kier alpha value is -2.66. The lowest BCUT2D eigenvalue weighted by Crippen LogP contribution is -2.30. The van der Waals surface area contributed by atoms with E-state index in [0.29, 0.717) is 13.0 Å². The Morgan fingerprint density at radius 2 is 0.889 bits per heavy atom. The van der Waals surface area contributed by atoms with Crippen LogP contribution in [-0.2, 0) is 23.8 Å². The highest BCUT2D eigenvalue weighted by Crippen LogP contribution is 2.12. The molecule has 0 aliphatic carbocycles. The molecule has 1 unspecified atom stereocenters. The second-order valence-electron chi connectivity index (χ2n) is 14.6. The molecule has 5 heteroatoms. The first-order valence-electron chi connectivity index (χ1n) is 22.5. The number of esters is 2. The number of unbranched alkanes of at least 4 members (excludes halogenated alkanes) is 18. The molecule has 310 valence electrons. The molecule has 0 rings (SSSR count). The highest BCUT2D eigenvalue weighted by Gasteiger charge is 2.17. The molecule has 0 aromatic carbocycles. The second kappa shape index (κ2) is 44.7. The molecule has 0 aliphatic heterocycles. The molecule has 0 amide bonds. The average Bonchev–Trinajstić information content (AvgIpc) is 3.17. The zero-order chi connectivity index (χ0) is 39.3. The van der Waals surface area contributed by atoms with Gasteiger partial charge in [0.1, 0.15) is 6.61 Å². The molecule has 0 bridgehead atoms. The van der Waals surface area contributed by atoms with Gasteiger partial charge in [-0.1, -0.05) is 190 Å². The Labute approximate surface area is 334 Å². The van der Waals surface area contributed by atoms with Crippen LogP contribution < -0.4 is 0 Å². The minimum atomic E-state index is -0.577. The molecule has 54 heavy (non-hydrogen) atoms. The predicted octanol–water partition coefficient (Wildman–Crippen LogP) is 14.8. The smallest absolute Gasteiger partial charge is 0.309 e. The molecule has 0 saturated heterocycles. The molecule has 0 fully saturated rings. The van der Waals surface area contributed by atoms with Crippen molar-refractivity contribution in [3.05, 3.63) is 72.9 Å². The van der Waals surface area contributed by atoms with E-state index in [4.69, 9.17) is 14.2 Å². The van der Waals surface area contributed by atoms with E-state index in [-0.39, 0.29) is 31.6 Å². The maximum absolute atomic E-state index is 12.7. The number of carbonyl (C=O) groups is 2. The number of carbonyl (C=O) groups excluding carboxylic acids is 2. The third-order valence-corrected chi connectivity index (χ3v) is 9.26. The van der Waals surface area contributed by atoms with E-state index in [1.54, 1.807) is 0 Å². The van der Waals surface area contributed by atoms with Gasteiger partial charge in [-0.25, -0.2) is 0 Å². The Morgan fingerprint density at radius 1 is 0.444 bits per heavy atom. The fraction of sp³-hybridized carbons (Fsp3) is 0.714. The molecule has 0 heterocycles. The summed E-state index contributed by atoms with van der Waals surface area (Å²) in [5.41, 5.74) is 0. The van der Waals surface area contributed by atoms with Gasteiger partial charge in [-0.2, -0.15) is 0 Å². The van der Waals surface area contributed by atoms with Crippen molar-refractivity contribution < 1.29 is 23.8 Å². The number of rotatable bonds is 40. The third-order valence-electron chi connectivity index (χ3n) is 9.26. The van der Waals surface area contributed by atoms with Gasteiger partial charge in [-0.3, -0.25) is 9.59 Å². The van der Waals surface area contributed by atoms with E-state index >= 15 is 0 Å². The third kappa shape index (κ3) is 42.1. The highest BCUT2D eigenvalue weighted by atomic mass is 16.6. The predicted molar refractivity (Wildman–Crippen MR) is 233 cm³/mol. The number of hydrogen-bond acceptors (Lipinski definition) is 5. The molecule has 5 nitrogen and oxygen atoms in total. The summed E-state index contributed by atoms with van der Waals surface area (Å²) in [7, 11) is 0. The van der Waals surface area contributed by atoms with Crippen LogP contribution >= 0.6 is 0 Å². The van der Waals surface area contributed by atoms with Gasteiger partial charge < -0.3 is 14.2 Å². The number of hydrogen-bond donors (Lipinski definition) is 0. The summed E-state index contributed by atoms with van der Waals surface area (Å²) in [4.78, 5) is 25.1. The summed E-state index contributed by atoms with van der Waals surface area (Å²) in [5.74, 6) is -0.555. The van der Waals surface area contributed by atoms with Crippen LogP contribution in [0.2, 0.25) is 0 Å². The fourth-order valence-electron chi connectivity index (χ4n) is 5.93. The zero-order valence-electron chi connectivity index (χ0n) is 35.5. The van der Waals surface area contributed by atoms with Crippen LogP contribution in [0.1, 0.15) is 201 Å². The van der Waals surface area contributed by atoms with Crippen molar-refractivity contribution in [2.45, 2.75) is 207 Å². The van der Waals surface area contributed by atoms with Gasteiger partial charge in [0.25, 0.3) is 0 Å². The maximum Gasteiger partial charge on any atom is 0.309 e. The summed E-state index contributed by atoms with van der Waals surface area (Å²) >= 11 is 0. The van der Waals surface area contributed by atoms with Crippen LogP contribution in [0.4, 0.5) is 0 Å². The lowest BCUT2D eigenvalue weighted by molar-refractivity contribution is -0.162. The van der Waals surface area contributed by atoms with E-state index in [0.717, 1.165) is 70.6 Å². The van der Waals surface area contributed by atoms with E-state index in [9.17, 15) is 9.59 Å². The summed E-state index contributed by atoms with van der Waals surface area (Å²) in [5, 5.41) is 0. The van der Waals surface area contributed by atoms with Crippen LogP contribution in [0.3, 0.4) is 0 Å². The largest absolute Gasteiger partial charge is 0.461 e. The molecular formula is C49H84O5. The van der Waals surface area contributed by atoms with Gasteiger partial charge in [0.2, 0.25) is 0 Å². The van der Waals surface area contributed by atoms with Crippen molar-refractivity contribution in [2.75, 3.05) is 19.8 Å². The molecule has 0 N–H and O–H groups in total. The Bertz CT molecular complexity index is 988. The van der Waals surface area contributed by atoms with Crippen molar-refractivity contribution >= 4 is 11.9 Å². The second-order valence-corrected chi connectivity index (χ2v) is 14.6. The van der Waals surface area contributed by atoms with Crippen LogP contribution in [0.5, 0.6) is 0 Å². The standard InChI is InChI=1S/C49H84O5/c1-4-7-10-13-16-19-22-24-25-27-28-30-33-36-39-42-48(50)53-46-47(45-52-44-41-38-35-32-21-18-15-12-9-6-3)54-49(51)43-40-37-34-31-29-26-23-20-17-14-11-8-5-2/h7,10,16,19-20,23-25,28,30,36,39,47H,4-6,8-9,11-15,17-18,21-22,26-27,29,31-35,37-38,40-46H2,1-3H3/b10-7-,19-16-,23-20-,25-24-,30-28-,39-36-. The SMILES string of the molecule is CC/C=C\C/C=C\C/C=C\C/C=C\C/C=C\CC(=O)OCC(COCCCCCCCCCCCC)OC(=O)CCCCCCC/C=C\CCCCCC. The van der Waals surface area contributed by atoms with Crippen LogP contribution in [0.15, 0.2) is 72.9 Å². The normalized spacial score (nSPS) is 12.9. The van der Waals surface area contributed by atoms with Gasteiger partial charge in [0.05, 0.1) is 13.0 Å². The van der Waals surface area contributed by atoms with Crippen molar-refractivity contribution in [1.82, 2.24) is 0 Å². The summed E-state index contributed by atoms with van der Waals surface area (Å²) in [6.07, 6.45) is 56.3. The monoisotopic (exact) mass is 753 g/mol. The number of ether oxygens (including phenoxy) is 3. The van der Waals surface area contributed by atoms with Crippen molar-refractivity contribution in [2.24, 2.45) is 0 Å². The summed E-state index contributed by atoms with van der Waals surface area (Å²) in [6.45, 7) is 7.57. The first-order valence-corrected chi connectivity index (χ1v) is 22.5. The van der Waals surface area contributed by atoms with Crippen molar-refractivity contribution in [1.29, 1.82) is 0 Å². The van der Waals surface area contributed by atoms with Gasteiger partial charge in [0.15, 0.2) is 6.10 Å². The van der Waals surface area contributed by atoms with Crippen LogP contribution in [-0.4, -0.2) is 37.9 Å². The Balaban J connectivity index is 4.39. The summed E-state index contributed by atoms with van der Waals surface area (Å²) in [6, 6.07) is 0. The molecule has 0 aliphatic rings. The lowest BCUT2D eigenvalue weighted by atomic mass is 10.1. The van der Waals surface area contributed by atoms with E-state index in [1.807, 2.05) is 12.2 Å². The van der Waals surface area contributed by atoms with Crippen molar-refractivity contribution in [3.63, 3.8) is 0 Å². The van der Waals surface area contributed by atoms with E-state index in [2.05, 4.69) is 81.5 Å². The number of allylic oxidation sites excluding steroid dienone is 11. The molecule has 0 saturated carbocycles. The quantitative estimate of drug-likeness (QED) is 0.0354.